The van der Waals surface area contributed by atoms with Gasteiger partial charge >= 0.3 is 7.82 Å². The van der Waals surface area contributed by atoms with Crippen LogP contribution in [0.2, 0.25) is 0 Å². The van der Waals surface area contributed by atoms with Crippen molar-refractivity contribution in [2.24, 2.45) is 17.2 Å². The van der Waals surface area contributed by atoms with Crippen LogP contribution < -0.4 is 17.2 Å². The molecular formula is C9H24N3O4P. The van der Waals surface area contributed by atoms with Gasteiger partial charge in [0.25, 0.3) is 0 Å². The molecule has 104 valence electrons. The van der Waals surface area contributed by atoms with Gasteiger partial charge in [0, 0.05) is 0 Å². The Morgan fingerprint density at radius 1 is 0.824 bits per heavy atom. The molecule has 0 spiro atoms. The molecule has 0 fully saturated rings. The lowest BCUT2D eigenvalue weighted by atomic mass is 10.5. The third kappa shape index (κ3) is 7.10. The SMILES string of the molecule is CCC(N)OP(=O)(OC(N)CC)OC(N)CC. The quantitative estimate of drug-likeness (QED) is 0.425. The molecule has 0 aromatic rings. The molecule has 0 heterocycles. The largest absolute Gasteiger partial charge is 0.479 e. The van der Waals surface area contributed by atoms with Crippen LogP contribution in [-0.2, 0) is 18.1 Å². The number of rotatable bonds is 9. The van der Waals surface area contributed by atoms with Gasteiger partial charge in [-0.2, -0.15) is 0 Å². The van der Waals surface area contributed by atoms with Gasteiger partial charge in [-0.25, -0.2) is 4.57 Å². The van der Waals surface area contributed by atoms with E-state index in [9.17, 15) is 4.57 Å². The predicted octanol–water partition coefficient (Wildman–Crippen LogP) is 1.23. The minimum Gasteiger partial charge on any atom is -0.306 e. The van der Waals surface area contributed by atoms with Gasteiger partial charge in [0.1, 0.15) is 18.7 Å². The number of hydrogen-bond donors (Lipinski definition) is 3. The molecule has 0 aromatic carbocycles. The van der Waals surface area contributed by atoms with E-state index < -0.39 is 26.5 Å². The molecular weight excluding hydrogens is 245 g/mol. The number of nitrogens with two attached hydrogens (primary N) is 3. The molecule has 0 bridgehead atoms. The number of phosphoric ester groups is 1. The molecule has 8 heteroatoms. The molecule has 3 atom stereocenters. The summed E-state index contributed by atoms with van der Waals surface area (Å²) in [5, 5.41) is 0. The fourth-order valence-electron chi connectivity index (χ4n) is 0.796. The summed E-state index contributed by atoms with van der Waals surface area (Å²) in [5.74, 6) is 0. The van der Waals surface area contributed by atoms with Gasteiger partial charge in [0.05, 0.1) is 0 Å². The maximum atomic E-state index is 12.2. The zero-order valence-electron chi connectivity index (χ0n) is 10.7. The summed E-state index contributed by atoms with van der Waals surface area (Å²) in [6.07, 6.45) is -0.810. The molecule has 6 N–H and O–H groups in total. The monoisotopic (exact) mass is 269 g/mol. The Labute approximate surface area is 103 Å². The van der Waals surface area contributed by atoms with E-state index in [0.29, 0.717) is 19.3 Å². The Hall–Kier alpha value is -0.0100. The maximum absolute atomic E-state index is 12.2. The van der Waals surface area contributed by atoms with Crippen molar-refractivity contribution in [1.29, 1.82) is 0 Å². The third-order valence-electron chi connectivity index (χ3n) is 2.00. The van der Waals surface area contributed by atoms with Crippen molar-refractivity contribution in [3.05, 3.63) is 0 Å². The van der Waals surface area contributed by atoms with Crippen LogP contribution in [0.1, 0.15) is 40.0 Å². The molecule has 0 aliphatic rings. The van der Waals surface area contributed by atoms with Crippen molar-refractivity contribution in [2.75, 3.05) is 0 Å². The van der Waals surface area contributed by atoms with E-state index in [4.69, 9.17) is 30.8 Å². The molecule has 0 aliphatic heterocycles. The molecule has 3 unspecified atom stereocenters. The van der Waals surface area contributed by atoms with Crippen LogP contribution in [0.3, 0.4) is 0 Å². The van der Waals surface area contributed by atoms with E-state index in [0.717, 1.165) is 0 Å². The van der Waals surface area contributed by atoms with Crippen molar-refractivity contribution in [1.82, 2.24) is 0 Å². The fraction of sp³-hybridized carbons (Fsp3) is 1.00. The zero-order valence-corrected chi connectivity index (χ0v) is 11.6. The third-order valence-corrected chi connectivity index (χ3v) is 3.59. The zero-order chi connectivity index (χ0) is 13.5. The van der Waals surface area contributed by atoms with Gasteiger partial charge in [-0.3, -0.25) is 13.6 Å². The summed E-state index contributed by atoms with van der Waals surface area (Å²) in [6, 6.07) is 0. The Kier molecular flexibility index (Phi) is 8.15. The van der Waals surface area contributed by atoms with Crippen molar-refractivity contribution in [3.8, 4) is 0 Å². The highest BCUT2D eigenvalue weighted by Gasteiger charge is 2.33. The van der Waals surface area contributed by atoms with Gasteiger partial charge in [0.2, 0.25) is 0 Å². The van der Waals surface area contributed by atoms with Crippen LogP contribution in [0.15, 0.2) is 0 Å². The van der Waals surface area contributed by atoms with Crippen LogP contribution in [0.4, 0.5) is 0 Å². The van der Waals surface area contributed by atoms with Gasteiger partial charge in [-0.1, -0.05) is 20.8 Å². The first-order valence-corrected chi connectivity index (χ1v) is 7.24. The van der Waals surface area contributed by atoms with Crippen LogP contribution >= 0.6 is 7.82 Å². The normalized spacial score (nSPS) is 20.6. The number of hydrogen-bond acceptors (Lipinski definition) is 7. The van der Waals surface area contributed by atoms with Crippen LogP contribution in [0.25, 0.3) is 0 Å². The highest BCUT2D eigenvalue weighted by Crippen LogP contribution is 2.52. The molecule has 0 rings (SSSR count). The Balaban J connectivity index is 4.62. The molecule has 0 aromatic heterocycles. The first-order valence-electron chi connectivity index (χ1n) is 5.78. The van der Waals surface area contributed by atoms with Crippen molar-refractivity contribution in [2.45, 2.75) is 58.7 Å². The van der Waals surface area contributed by atoms with E-state index in [-0.39, 0.29) is 0 Å². The molecule has 7 nitrogen and oxygen atoms in total. The van der Waals surface area contributed by atoms with Crippen LogP contribution in [-0.4, -0.2) is 18.7 Å². The van der Waals surface area contributed by atoms with Crippen molar-refractivity contribution in [3.63, 3.8) is 0 Å². The lowest BCUT2D eigenvalue weighted by molar-refractivity contribution is 0.0324. The molecule has 0 amide bonds. The average Bonchev–Trinajstić information content (AvgIpc) is 2.27. The Morgan fingerprint density at radius 3 is 1.24 bits per heavy atom. The second kappa shape index (κ2) is 8.16. The van der Waals surface area contributed by atoms with E-state index in [1.54, 1.807) is 20.8 Å². The minimum absolute atomic E-state index is 0.472. The molecule has 17 heavy (non-hydrogen) atoms. The highest BCUT2D eigenvalue weighted by atomic mass is 31.2. The van der Waals surface area contributed by atoms with E-state index >= 15 is 0 Å². The molecule has 0 saturated carbocycles. The lowest BCUT2D eigenvalue weighted by Gasteiger charge is -2.25. The van der Waals surface area contributed by atoms with Crippen molar-refractivity contribution >= 4 is 7.82 Å². The van der Waals surface area contributed by atoms with Gasteiger partial charge in [0.15, 0.2) is 0 Å². The van der Waals surface area contributed by atoms with Gasteiger partial charge in [-0.05, 0) is 19.3 Å². The first kappa shape index (κ1) is 17.0. The standard InChI is InChI=1S/C9H24N3O4P/c1-4-7(10)14-17(13,15-8(11)5-2)16-9(12)6-3/h7-9H,4-6,10-12H2,1-3H3. The van der Waals surface area contributed by atoms with Crippen LogP contribution in [0, 0.1) is 0 Å². The summed E-state index contributed by atoms with van der Waals surface area (Å²) < 4.78 is 27.4. The van der Waals surface area contributed by atoms with Gasteiger partial charge in [-0.15, -0.1) is 0 Å². The van der Waals surface area contributed by atoms with E-state index in [1.165, 1.54) is 0 Å². The summed E-state index contributed by atoms with van der Waals surface area (Å²) in [4.78, 5) is 0. The number of phosphoric acid groups is 1. The summed E-state index contributed by atoms with van der Waals surface area (Å²) in [7, 11) is -3.81. The Morgan fingerprint density at radius 2 is 1.06 bits per heavy atom. The summed E-state index contributed by atoms with van der Waals surface area (Å²) >= 11 is 0. The summed E-state index contributed by atoms with van der Waals surface area (Å²) in [5.41, 5.74) is 16.7. The second-order valence-corrected chi connectivity index (χ2v) is 5.13. The smallest absolute Gasteiger partial charge is 0.306 e. The first-order chi connectivity index (χ1) is 7.86. The lowest BCUT2D eigenvalue weighted by Crippen LogP contribution is -2.30. The van der Waals surface area contributed by atoms with E-state index in [1.807, 2.05) is 0 Å². The highest BCUT2D eigenvalue weighted by molar-refractivity contribution is 7.48. The molecule has 0 saturated heterocycles. The molecule has 0 aliphatic carbocycles. The van der Waals surface area contributed by atoms with E-state index in [2.05, 4.69) is 0 Å². The Bertz CT molecular complexity index is 216. The van der Waals surface area contributed by atoms with Crippen molar-refractivity contribution < 1.29 is 18.1 Å². The molecule has 0 radical (unpaired) electrons. The van der Waals surface area contributed by atoms with Gasteiger partial charge < -0.3 is 17.2 Å². The minimum atomic E-state index is -3.81. The average molecular weight is 269 g/mol. The fourth-order valence-corrected chi connectivity index (χ4v) is 2.39. The maximum Gasteiger partial charge on any atom is 0.479 e. The summed E-state index contributed by atoms with van der Waals surface area (Å²) in [6.45, 7) is 5.36. The topological polar surface area (TPSA) is 123 Å². The van der Waals surface area contributed by atoms with Crippen LogP contribution in [0.5, 0.6) is 0 Å². The second-order valence-electron chi connectivity index (χ2n) is 3.60. The predicted molar refractivity (Wildman–Crippen MR) is 65.7 cm³/mol.